The number of rotatable bonds is 4. The van der Waals surface area contributed by atoms with Crippen LogP contribution in [0.2, 0.25) is 0 Å². The van der Waals surface area contributed by atoms with Crippen molar-refractivity contribution in [3.8, 4) is 0 Å². The van der Waals surface area contributed by atoms with Gasteiger partial charge in [0, 0.05) is 19.2 Å². The highest BCUT2D eigenvalue weighted by atomic mass is 16.5. The standard InChI is InChI=1S/C20H24N2O4/c1-12-17(13(2)21-18(12)14(3)24)20(25)22-9-10-26-16(11-23)19(22)15-7-5-4-6-8-15/h4-8,16,19,21,23H,9-11H2,1-3H3/t16-,19-/m1/s1. The van der Waals surface area contributed by atoms with Crippen molar-refractivity contribution in [1.82, 2.24) is 9.88 Å². The highest BCUT2D eigenvalue weighted by molar-refractivity contribution is 6.02. The van der Waals surface area contributed by atoms with Crippen LogP contribution in [0.1, 0.15) is 50.6 Å². The molecule has 2 N–H and O–H groups in total. The van der Waals surface area contributed by atoms with Crippen molar-refractivity contribution >= 4 is 11.7 Å². The summed E-state index contributed by atoms with van der Waals surface area (Å²) in [6.45, 7) is 5.68. The first-order valence-corrected chi connectivity index (χ1v) is 8.74. The van der Waals surface area contributed by atoms with Gasteiger partial charge in [-0.1, -0.05) is 30.3 Å². The molecule has 1 fully saturated rings. The Kier molecular flexibility index (Phi) is 5.25. The van der Waals surface area contributed by atoms with Gasteiger partial charge < -0.3 is 19.7 Å². The zero-order chi connectivity index (χ0) is 18.8. The summed E-state index contributed by atoms with van der Waals surface area (Å²) < 4.78 is 5.71. The summed E-state index contributed by atoms with van der Waals surface area (Å²) in [6.07, 6.45) is -0.484. The number of benzene rings is 1. The number of aromatic nitrogens is 1. The van der Waals surface area contributed by atoms with E-state index in [9.17, 15) is 14.7 Å². The van der Waals surface area contributed by atoms with Crippen molar-refractivity contribution in [3.05, 3.63) is 58.4 Å². The number of ether oxygens (including phenoxy) is 1. The van der Waals surface area contributed by atoms with E-state index in [1.54, 1.807) is 18.7 Å². The molecule has 1 amide bonds. The Morgan fingerprint density at radius 2 is 1.96 bits per heavy atom. The lowest BCUT2D eigenvalue weighted by Crippen LogP contribution is -2.49. The molecule has 26 heavy (non-hydrogen) atoms. The lowest BCUT2D eigenvalue weighted by atomic mass is 9.96. The second kappa shape index (κ2) is 7.43. The van der Waals surface area contributed by atoms with Crippen LogP contribution in [0.15, 0.2) is 30.3 Å². The van der Waals surface area contributed by atoms with Crippen LogP contribution in [0.5, 0.6) is 0 Å². The summed E-state index contributed by atoms with van der Waals surface area (Å²) in [5.74, 6) is -0.251. The molecule has 0 aliphatic carbocycles. The number of carbonyl (C=O) groups excluding carboxylic acids is 2. The lowest BCUT2D eigenvalue weighted by molar-refractivity contribution is -0.0811. The SMILES string of the molecule is CC(=O)c1[nH]c(C)c(C(=O)N2CCO[C@H](CO)[C@H]2c2ccccc2)c1C. The number of aliphatic hydroxyl groups is 1. The number of hydrogen-bond donors (Lipinski definition) is 2. The number of nitrogens with zero attached hydrogens (tertiary/aromatic N) is 1. The molecule has 2 atom stereocenters. The maximum Gasteiger partial charge on any atom is 0.256 e. The molecule has 1 aromatic carbocycles. The van der Waals surface area contributed by atoms with Gasteiger partial charge in [0.15, 0.2) is 5.78 Å². The van der Waals surface area contributed by atoms with Gasteiger partial charge in [-0.2, -0.15) is 0 Å². The maximum absolute atomic E-state index is 13.4. The summed E-state index contributed by atoms with van der Waals surface area (Å²) in [5, 5.41) is 9.77. The highest BCUT2D eigenvalue weighted by Crippen LogP contribution is 2.32. The minimum absolute atomic E-state index is 0.0977. The molecule has 0 radical (unpaired) electrons. The fourth-order valence-corrected chi connectivity index (χ4v) is 3.73. The Balaban J connectivity index is 2.03. The van der Waals surface area contributed by atoms with Gasteiger partial charge in [-0.15, -0.1) is 0 Å². The van der Waals surface area contributed by atoms with Crippen molar-refractivity contribution in [2.75, 3.05) is 19.8 Å². The normalized spacial score (nSPS) is 20.2. The molecule has 1 aliphatic rings. The average Bonchev–Trinajstić information content (AvgIpc) is 2.95. The smallest absolute Gasteiger partial charge is 0.256 e. The van der Waals surface area contributed by atoms with Gasteiger partial charge in [0.05, 0.1) is 30.5 Å². The highest BCUT2D eigenvalue weighted by Gasteiger charge is 2.37. The van der Waals surface area contributed by atoms with E-state index in [1.165, 1.54) is 6.92 Å². The number of morpholine rings is 1. The number of amides is 1. The molecule has 6 nitrogen and oxygen atoms in total. The first-order valence-electron chi connectivity index (χ1n) is 8.74. The van der Waals surface area contributed by atoms with Gasteiger partial charge in [-0.25, -0.2) is 0 Å². The number of aromatic amines is 1. The van der Waals surface area contributed by atoms with E-state index >= 15 is 0 Å². The van der Waals surface area contributed by atoms with Gasteiger partial charge in [0.25, 0.3) is 5.91 Å². The van der Waals surface area contributed by atoms with Crippen LogP contribution in [0.25, 0.3) is 0 Å². The molecule has 1 aliphatic heterocycles. The van der Waals surface area contributed by atoms with Crippen LogP contribution in [-0.4, -0.2) is 52.5 Å². The molecule has 2 aromatic rings. The van der Waals surface area contributed by atoms with E-state index in [1.807, 2.05) is 30.3 Å². The maximum atomic E-state index is 13.4. The number of Topliss-reactive ketones (excluding diaryl/α,β-unsaturated/α-hetero) is 1. The minimum Gasteiger partial charge on any atom is -0.394 e. The largest absolute Gasteiger partial charge is 0.394 e. The topological polar surface area (TPSA) is 82.6 Å². The minimum atomic E-state index is -0.484. The van der Waals surface area contributed by atoms with E-state index < -0.39 is 6.10 Å². The summed E-state index contributed by atoms with van der Waals surface area (Å²) in [4.78, 5) is 30.0. The number of H-pyrrole nitrogens is 1. The number of carbonyl (C=O) groups is 2. The van der Waals surface area contributed by atoms with Crippen LogP contribution in [0.3, 0.4) is 0 Å². The Labute approximate surface area is 152 Å². The number of ketones is 1. The van der Waals surface area contributed by atoms with Crippen molar-refractivity contribution in [3.63, 3.8) is 0 Å². The van der Waals surface area contributed by atoms with Gasteiger partial charge in [-0.3, -0.25) is 9.59 Å². The van der Waals surface area contributed by atoms with Crippen LogP contribution in [-0.2, 0) is 4.74 Å². The van der Waals surface area contributed by atoms with Gasteiger partial charge in [0.2, 0.25) is 0 Å². The zero-order valence-electron chi connectivity index (χ0n) is 15.3. The molecule has 6 heteroatoms. The number of aryl methyl sites for hydroxylation is 1. The van der Waals surface area contributed by atoms with E-state index in [0.717, 1.165) is 5.56 Å². The fourth-order valence-electron chi connectivity index (χ4n) is 3.73. The average molecular weight is 356 g/mol. The summed E-state index contributed by atoms with van der Waals surface area (Å²) in [6, 6.07) is 9.20. The zero-order valence-corrected chi connectivity index (χ0v) is 15.3. The quantitative estimate of drug-likeness (QED) is 0.824. The first kappa shape index (κ1) is 18.4. The number of nitrogens with one attached hydrogen (secondary N) is 1. The summed E-state index contributed by atoms with van der Waals surface area (Å²) in [5.41, 5.74) is 3.25. The van der Waals surface area contributed by atoms with Gasteiger partial charge >= 0.3 is 0 Å². The fraction of sp³-hybridized carbons (Fsp3) is 0.400. The molecular weight excluding hydrogens is 332 g/mol. The van der Waals surface area contributed by atoms with Crippen LogP contribution < -0.4 is 0 Å². The summed E-state index contributed by atoms with van der Waals surface area (Å²) >= 11 is 0. The predicted molar refractivity (Wildman–Crippen MR) is 97.3 cm³/mol. The molecule has 1 saturated heterocycles. The Hall–Kier alpha value is -2.44. The predicted octanol–water partition coefficient (Wildman–Crippen LogP) is 2.41. The van der Waals surface area contributed by atoms with Crippen molar-refractivity contribution in [1.29, 1.82) is 0 Å². The third kappa shape index (κ3) is 3.18. The Morgan fingerprint density at radius 3 is 2.54 bits per heavy atom. The Morgan fingerprint density at radius 1 is 1.27 bits per heavy atom. The van der Waals surface area contributed by atoms with Gasteiger partial charge in [0.1, 0.15) is 6.10 Å². The molecular formula is C20H24N2O4. The van der Waals surface area contributed by atoms with Crippen LogP contribution in [0, 0.1) is 13.8 Å². The van der Waals surface area contributed by atoms with Crippen LogP contribution >= 0.6 is 0 Å². The molecule has 0 saturated carbocycles. The lowest BCUT2D eigenvalue weighted by Gasteiger charge is -2.41. The monoisotopic (exact) mass is 356 g/mol. The van der Waals surface area contributed by atoms with Crippen molar-refractivity contribution in [2.45, 2.75) is 32.9 Å². The van der Waals surface area contributed by atoms with E-state index in [-0.39, 0.29) is 24.3 Å². The molecule has 1 aromatic heterocycles. The molecule has 138 valence electrons. The number of aliphatic hydroxyl groups excluding tert-OH is 1. The van der Waals surface area contributed by atoms with Crippen LogP contribution in [0.4, 0.5) is 0 Å². The van der Waals surface area contributed by atoms with E-state index in [0.29, 0.717) is 35.7 Å². The molecule has 0 unspecified atom stereocenters. The van der Waals surface area contributed by atoms with E-state index in [4.69, 9.17) is 4.74 Å². The van der Waals surface area contributed by atoms with Gasteiger partial charge in [-0.05, 0) is 25.0 Å². The van der Waals surface area contributed by atoms with Crippen molar-refractivity contribution < 1.29 is 19.4 Å². The Bertz CT molecular complexity index is 813. The summed E-state index contributed by atoms with van der Waals surface area (Å²) in [7, 11) is 0. The second-order valence-corrected chi connectivity index (χ2v) is 6.63. The second-order valence-electron chi connectivity index (χ2n) is 6.63. The van der Waals surface area contributed by atoms with Crippen molar-refractivity contribution in [2.24, 2.45) is 0 Å². The molecule has 0 bridgehead atoms. The third-order valence-electron chi connectivity index (χ3n) is 4.94. The molecule has 3 rings (SSSR count). The number of hydrogen-bond acceptors (Lipinski definition) is 4. The van der Waals surface area contributed by atoms with E-state index in [2.05, 4.69) is 4.98 Å². The molecule has 2 heterocycles. The molecule has 0 spiro atoms. The first-order chi connectivity index (χ1) is 12.5. The third-order valence-corrected chi connectivity index (χ3v) is 4.94.